The summed E-state index contributed by atoms with van der Waals surface area (Å²) < 4.78 is 145. The van der Waals surface area contributed by atoms with Gasteiger partial charge in [0.25, 0.3) is 0 Å². The third-order valence-electron chi connectivity index (χ3n) is 4.94. The number of hydrogen-bond donors (Lipinski definition) is 1. The van der Waals surface area contributed by atoms with E-state index in [4.69, 9.17) is 0 Å². The van der Waals surface area contributed by atoms with E-state index in [0.29, 0.717) is 5.39 Å². The number of fused-ring (bicyclic) bond motifs is 1. The topological polar surface area (TPSA) is 74.5 Å². The number of pyridine rings is 1. The van der Waals surface area contributed by atoms with Gasteiger partial charge in [0, 0.05) is 17.1 Å². The lowest BCUT2D eigenvalue weighted by molar-refractivity contribution is -0.682. The van der Waals surface area contributed by atoms with Gasteiger partial charge >= 0.3 is 29.4 Å². The lowest BCUT2D eigenvalue weighted by atomic mass is 9.94. The Hall–Kier alpha value is -2.38. The summed E-state index contributed by atoms with van der Waals surface area (Å²) in [5.74, 6) is -1.53. The molecule has 0 bridgehead atoms. The molecule has 17 heteroatoms. The summed E-state index contributed by atoms with van der Waals surface area (Å²) in [6.45, 7) is 0. The van der Waals surface area contributed by atoms with E-state index in [-0.39, 0.29) is 11.6 Å². The summed E-state index contributed by atoms with van der Waals surface area (Å²) in [6, 6.07) is 5.76. The van der Waals surface area contributed by atoms with Gasteiger partial charge in [-0.25, -0.2) is 13.4 Å². The molecule has 200 valence electrons. The number of carbonyl (C=O) groups is 1. The van der Waals surface area contributed by atoms with E-state index < -0.39 is 76.6 Å². The van der Waals surface area contributed by atoms with Crippen molar-refractivity contribution in [2.24, 2.45) is 0 Å². The van der Waals surface area contributed by atoms with Crippen LogP contribution in [0.25, 0.3) is 10.9 Å². The highest BCUT2D eigenvalue weighted by Gasteiger charge is 2.73. The Bertz CT molecular complexity index is 1380. The molecule has 2 aromatic carbocycles. The predicted molar refractivity (Wildman–Crippen MR) is 117 cm³/mol. The molecule has 0 spiro atoms. The van der Waals surface area contributed by atoms with Crippen molar-refractivity contribution in [2.75, 3.05) is 0 Å². The summed E-state index contributed by atoms with van der Waals surface area (Å²) in [5.41, 5.74) is -16.0. The molecule has 37 heavy (non-hydrogen) atoms. The van der Waals surface area contributed by atoms with Crippen LogP contribution < -0.4 is 5.06 Å². The molecular formula is C20H9F10IN2O3S. The van der Waals surface area contributed by atoms with E-state index in [1.54, 1.807) is 6.07 Å². The molecule has 1 amide bonds. The van der Waals surface area contributed by atoms with Crippen LogP contribution in [0.5, 0.6) is 0 Å². The van der Waals surface area contributed by atoms with Crippen molar-refractivity contribution in [1.82, 2.24) is 4.98 Å². The molecule has 0 aliphatic carbocycles. The standard InChI is InChI=1S/C20H9F10IN2O3S/c21-17(18(22,23)24,19(25,26)27)11-7-12(31)15(14(8-11)37(36)20(28,29)30)33(35)16(34)10-4-3-9-2-1-5-32-13(9)6-10/h1-8,33H. The maximum absolute atomic E-state index is 14.6. The lowest BCUT2D eigenvalue weighted by Crippen LogP contribution is -3.05. The van der Waals surface area contributed by atoms with Crippen LogP contribution >= 0.6 is 22.6 Å². The van der Waals surface area contributed by atoms with Crippen molar-refractivity contribution in [3.8, 4) is 0 Å². The van der Waals surface area contributed by atoms with E-state index in [2.05, 4.69) is 4.98 Å². The molecule has 0 aliphatic heterocycles. The molecule has 3 aromatic rings. The van der Waals surface area contributed by atoms with Crippen LogP contribution in [0.1, 0.15) is 15.9 Å². The summed E-state index contributed by atoms with van der Waals surface area (Å²) in [7, 11) is -4.43. The lowest BCUT2D eigenvalue weighted by Gasteiger charge is -2.31. The quantitative estimate of drug-likeness (QED) is 0.222. The number of quaternary nitrogens is 1. The first kappa shape index (κ1) is 29.2. The summed E-state index contributed by atoms with van der Waals surface area (Å²) in [5, 5.41) is 11.6. The van der Waals surface area contributed by atoms with Gasteiger partial charge in [-0.1, -0.05) is 12.1 Å². The molecule has 0 saturated carbocycles. The predicted octanol–water partition coefficient (Wildman–Crippen LogP) is 5.61. The molecule has 0 saturated heterocycles. The number of nitrogens with one attached hydrogen (secondary N) is 1. The normalized spacial score (nSPS) is 15.0. The third-order valence-corrected chi connectivity index (χ3v) is 6.94. The van der Waals surface area contributed by atoms with Gasteiger partial charge in [0.2, 0.25) is 0 Å². The molecule has 5 nitrogen and oxygen atoms in total. The first-order valence-corrected chi connectivity index (χ1v) is 11.6. The number of halogens is 11. The largest absolute Gasteiger partial charge is 0.621 e. The second kappa shape index (κ2) is 9.73. The van der Waals surface area contributed by atoms with Crippen LogP contribution in [0.15, 0.2) is 53.6 Å². The van der Waals surface area contributed by atoms with Gasteiger partial charge < -0.3 is 5.21 Å². The molecule has 2 unspecified atom stereocenters. The second-order valence-corrected chi connectivity index (χ2v) is 9.87. The summed E-state index contributed by atoms with van der Waals surface area (Å²) >= 11 is 0.863. The van der Waals surface area contributed by atoms with Crippen molar-refractivity contribution >= 4 is 55.9 Å². The Morgan fingerprint density at radius 1 is 0.919 bits per heavy atom. The number of amides is 1. The van der Waals surface area contributed by atoms with Gasteiger partial charge in [-0.2, -0.15) is 39.5 Å². The van der Waals surface area contributed by atoms with Crippen LogP contribution in [-0.2, 0) is 16.5 Å². The van der Waals surface area contributed by atoms with Crippen LogP contribution in [0.4, 0.5) is 49.6 Å². The van der Waals surface area contributed by atoms with Gasteiger partial charge in [0.1, 0.15) is 4.90 Å². The van der Waals surface area contributed by atoms with Gasteiger partial charge in [-0.05, 0) is 52.9 Å². The number of hydrogen-bond acceptors (Lipinski definition) is 4. The zero-order chi connectivity index (χ0) is 28.1. The summed E-state index contributed by atoms with van der Waals surface area (Å²) in [6.07, 6.45) is -12.1. The number of carbonyl (C=O) groups excluding carboxylic acids is 1. The number of benzene rings is 2. The molecule has 0 radical (unpaired) electrons. The highest BCUT2D eigenvalue weighted by Crippen LogP contribution is 2.54. The van der Waals surface area contributed by atoms with E-state index in [1.165, 1.54) is 18.3 Å². The maximum atomic E-state index is 14.6. The Morgan fingerprint density at radius 3 is 2.05 bits per heavy atom. The third kappa shape index (κ3) is 5.30. The van der Waals surface area contributed by atoms with Gasteiger partial charge in [-0.15, -0.1) is 0 Å². The number of aromatic nitrogens is 1. The molecular weight excluding hydrogens is 665 g/mol. The zero-order valence-electron chi connectivity index (χ0n) is 17.4. The van der Waals surface area contributed by atoms with Crippen LogP contribution in [-0.4, -0.2) is 33.0 Å². The number of rotatable bonds is 4. The fourth-order valence-corrected chi connectivity index (χ4v) is 5.14. The van der Waals surface area contributed by atoms with Crippen LogP contribution in [0, 0.1) is 8.78 Å². The second-order valence-electron chi connectivity index (χ2n) is 7.27. The van der Waals surface area contributed by atoms with Crippen molar-refractivity contribution < 1.29 is 58.0 Å². The van der Waals surface area contributed by atoms with E-state index in [9.17, 15) is 58.1 Å². The first-order valence-electron chi connectivity index (χ1n) is 9.39. The fourth-order valence-electron chi connectivity index (χ4n) is 3.21. The minimum atomic E-state index is -6.70. The highest BCUT2D eigenvalue weighted by molar-refractivity contribution is 14.1. The maximum Gasteiger partial charge on any atom is 0.476 e. The molecule has 1 aromatic heterocycles. The average molecular weight is 674 g/mol. The van der Waals surface area contributed by atoms with Crippen molar-refractivity contribution in [2.45, 2.75) is 28.4 Å². The van der Waals surface area contributed by atoms with Crippen molar-refractivity contribution in [3.05, 3.63) is 68.6 Å². The highest BCUT2D eigenvalue weighted by atomic mass is 127. The van der Waals surface area contributed by atoms with E-state index in [1.807, 2.05) is 0 Å². The number of alkyl halides is 10. The molecule has 1 heterocycles. The smallest absolute Gasteiger partial charge is 0.476 e. The van der Waals surface area contributed by atoms with Crippen molar-refractivity contribution in [1.29, 1.82) is 0 Å². The van der Waals surface area contributed by atoms with Crippen LogP contribution in [0.3, 0.4) is 0 Å². The molecule has 0 aliphatic rings. The fraction of sp³-hybridized carbons (Fsp3) is 0.200. The summed E-state index contributed by atoms with van der Waals surface area (Å²) in [4.78, 5) is 14.7. The average Bonchev–Trinajstić information content (AvgIpc) is 2.79. The Labute approximate surface area is 215 Å². The molecule has 1 N–H and O–H groups in total. The first-order chi connectivity index (χ1) is 16.8. The van der Waals surface area contributed by atoms with E-state index in [0.717, 1.165) is 34.7 Å². The molecule has 0 fully saturated rings. The monoisotopic (exact) mass is 674 g/mol. The SMILES string of the molecule is O=C(c1ccc2cccnc2c1)[NH+]([O-])c1c(I)cc(C(F)(C(F)(F)F)C(F)(F)F)cc1S(=O)C(F)(F)F. The van der Waals surface area contributed by atoms with Crippen LogP contribution in [0.2, 0.25) is 0 Å². The Balaban J connectivity index is 2.26. The minimum Gasteiger partial charge on any atom is -0.621 e. The van der Waals surface area contributed by atoms with Gasteiger partial charge in [-0.3, -0.25) is 10.0 Å². The molecule has 3 rings (SSSR count). The number of hydroxylamine groups is 1. The zero-order valence-corrected chi connectivity index (χ0v) is 20.3. The number of nitrogens with zero attached hydrogens (tertiary/aromatic N) is 1. The molecule has 2 atom stereocenters. The Morgan fingerprint density at radius 2 is 1.51 bits per heavy atom. The van der Waals surface area contributed by atoms with Gasteiger partial charge in [0.05, 0.1) is 14.7 Å². The Kier molecular flexibility index (Phi) is 7.68. The van der Waals surface area contributed by atoms with E-state index >= 15 is 0 Å². The minimum absolute atomic E-state index is 0.169. The van der Waals surface area contributed by atoms with Gasteiger partial charge in [0.15, 0.2) is 16.5 Å². The van der Waals surface area contributed by atoms with Crippen molar-refractivity contribution in [3.63, 3.8) is 0 Å².